The van der Waals surface area contributed by atoms with Crippen LogP contribution in [0.4, 0.5) is 0 Å². The summed E-state index contributed by atoms with van der Waals surface area (Å²) >= 11 is 1.46. The van der Waals surface area contributed by atoms with Crippen LogP contribution >= 0.6 is 11.8 Å². The van der Waals surface area contributed by atoms with Gasteiger partial charge in [-0.25, -0.2) is 13.6 Å². The van der Waals surface area contributed by atoms with Gasteiger partial charge in [0.25, 0.3) is 0 Å². The highest BCUT2D eigenvalue weighted by Gasteiger charge is 2.12. The molecule has 0 fully saturated rings. The number of nitrogens with one attached hydrogen (secondary N) is 1. The minimum Gasteiger partial charge on any atom is -0.349 e. The maximum atomic E-state index is 12.0. The fraction of sp³-hybridized carbons (Fsp3) is 0.188. The van der Waals surface area contributed by atoms with E-state index in [-0.39, 0.29) is 16.8 Å². The highest BCUT2D eigenvalue weighted by molar-refractivity contribution is 8.00. The van der Waals surface area contributed by atoms with Crippen LogP contribution in [0.2, 0.25) is 0 Å². The molecular formula is C16H18N2O3S2. The van der Waals surface area contributed by atoms with Gasteiger partial charge in [-0.1, -0.05) is 30.3 Å². The van der Waals surface area contributed by atoms with E-state index in [1.165, 1.54) is 23.9 Å². The maximum absolute atomic E-state index is 12.0. The number of sulfonamides is 1. The van der Waals surface area contributed by atoms with Gasteiger partial charge < -0.3 is 5.32 Å². The van der Waals surface area contributed by atoms with Crippen LogP contribution in [-0.4, -0.2) is 20.1 Å². The van der Waals surface area contributed by atoms with E-state index in [1.54, 1.807) is 12.1 Å². The third kappa shape index (κ3) is 5.38. The number of thioether (sulfide) groups is 1. The lowest BCUT2D eigenvalue weighted by atomic mass is 10.1. The number of primary sulfonamides is 1. The first-order valence-electron chi connectivity index (χ1n) is 6.96. The Kier molecular flexibility index (Phi) is 5.81. The quantitative estimate of drug-likeness (QED) is 0.782. The Morgan fingerprint density at radius 2 is 1.74 bits per heavy atom. The first kappa shape index (κ1) is 17.5. The van der Waals surface area contributed by atoms with Gasteiger partial charge in [-0.2, -0.15) is 0 Å². The maximum Gasteiger partial charge on any atom is 0.238 e. The summed E-state index contributed by atoms with van der Waals surface area (Å²) in [6, 6.07) is 15.6. The standard InChI is InChI=1S/C16H18N2O3S2/c1-12(13-7-9-15(10-8-13)23(17,20)21)18-16(19)11-22-14-5-3-2-4-6-14/h2-10,12H,11H2,1H3,(H,18,19)(H2,17,20,21)/t12-/m0/s1. The zero-order valence-electron chi connectivity index (χ0n) is 12.6. The molecule has 0 radical (unpaired) electrons. The fourth-order valence-corrected chi connectivity index (χ4v) is 3.22. The summed E-state index contributed by atoms with van der Waals surface area (Å²) in [4.78, 5) is 13.1. The van der Waals surface area contributed by atoms with Crippen molar-refractivity contribution < 1.29 is 13.2 Å². The van der Waals surface area contributed by atoms with Crippen molar-refractivity contribution in [1.82, 2.24) is 5.32 Å². The van der Waals surface area contributed by atoms with Crippen molar-refractivity contribution in [2.45, 2.75) is 22.8 Å². The zero-order valence-corrected chi connectivity index (χ0v) is 14.2. The first-order valence-corrected chi connectivity index (χ1v) is 9.49. The number of amides is 1. The summed E-state index contributed by atoms with van der Waals surface area (Å²) in [5.74, 6) is 0.241. The van der Waals surface area contributed by atoms with Gasteiger partial charge in [0.15, 0.2) is 0 Å². The van der Waals surface area contributed by atoms with E-state index < -0.39 is 10.0 Å². The lowest BCUT2D eigenvalue weighted by Gasteiger charge is -2.14. The Balaban J connectivity index is 1.90. The van der Waals surface area contributed by atoms with E-state index in [4.69, 9.17) is 5.14 Å². The average molecular weight is 350 g/mol. The van der Waals surface area contributed by atoms with Crippen LogP contribution in [0, 0.1) is 0 Å². The number of rotatable bonds is 6. The molecule has 0 aliphatic carbocycles. The number of benzene rings is 2. The molecular weight excluding hydrogens is 332 g/mol. The fourth-order valence-electron chi connectivity index (χ4n) is 1.98. The molecule has 3 N–H and O–H groups in total. The van der Waals surface area contributed by atoms with Gasteiger partial charge in [0.1, 0.15) is 0 Å². The normalized spacial score (nSPS) is 12.6. The molecule has 0 spiro atoms. The Morgan fingerprint density at radius 1 is 1.13 bits per heavy atom. The lowest BCUT2D eigenvalue weighted by molar-refractivity contribution is -0.119. The van der Waals surface area contributed by atoms with Gasteiger partial charge in [0.05, 0.1) is 16.7 Å². The second kappa shape index (κ2) is 7.63. The molecule has 0 aliphatic heterocycles. The van der Waals surface area contributed by atoms with Crippen molar-refractivity contribution in [2.75, 3.05) is 5.75 Å². The van der Waals surface area contributed by atoms with E-state index in [2.05, 4.69) is 5.32 Å². The van der Waals surface area contributed by atoms with Crippen molar-refractivity contribution in [3.05, 3.63) is 60.2 Å². The second-order valence-corrected chi connectivity index (χ2v) is 7.62. The summed E-state index contributed by atoms with van der Waals surface area (Å²) in [6.45, 7) is 1.84. The molecule has 2 rings (SSSR count). The molecule has 5 nitrogen and oxygen atoms in total. The monoisotopic (exact) mass is 350 g/mol. The van der Waals surface area contributed by atoms with Crippen LogP contribution in [0.5, 0.6) is 0 Å². The predicted molar refractivity (Wildman–Crippen MR) is 91.5 cm³/mol. The van der Waals surface area contributed by atoms with Gasteiger partial charge >= 0.3 is 0 Å². The molecule has 0 saturated heterocycles. The molecule has 2 aromatic rings. The number of nitrogens with two attached hydrogens (primary N) is 1. The topological polar surface area (TPSA) is 89.3 Å². The van der Waals surface area contributed by atoms with Crippen LogP contribution in [0.25, 0.3) is 0 Å². The summed E-state index contributed by atoms with van der Waals surface area (Å²) in [5.41, 5.74) is 0.815. The Bertz CT molecular complexity index is 760. The van der Waals surface area contributed by atoms with Crippen LogP contribution in [0.3, 0.4) is 0 Å². The molecule has 0 bridgehead atoms. The van der Waals surface area contributed by atoms with E-state index >= 15 is 0 Å². The Hall–Kier alpha value is -1.83. The summed E-state index contributed by atoms with van der Waals surface area (Å²) in [6.07, 6.45) is 0. The SMILES string of the molecule is C[C@H](NC(=O)CSc1ccccc1)c1ccc(S(N)(=O)=O)cc1. The van der Waals surface area contributed by atoms with Gasteiger partial charge in [0, 0.05) is 4.90 Å². The molecule has 0 unspecified atom stereocenters. The van der Waals surface area contributed by atoms with Crippen molar-refractivity contribution >= 4 is 27.7 Å². The lowest BCUT2D eigenvalue weighted by Crippen LogP contribution is -2.28. The van der Waals surface area contributed by atoms with E-state index in [9.17, 15) is 13.2 Å². The zero-order chi connectivity index (χ0) is 16.9. The van der Waals surface area contributed by atoms with Crippen LogP contribution in [0.1, 0.15) is 18.5 Å². The predicted octanol–water partition coefficient (Wildman–Crippen LogP) is 2.30. The number of hydrogen-bond donors (Lipinski definition) is 2. The Morgan fingerprint density at radius 3 is 2.30 bits per heavy atom. The third-order valence-corrected chi connectivity index (χ3v) is 5.14. The van der Waals surface area contributed by atoms with E-state index in [0.717, 1.165) is 10.5 Å². The molecule has 23 heavy (non-hydrogen) atoms. The second-order valence-electron chi connectivity index (χ2n) is 5.00. The Labute approximate surface area is 140 Å². The summed E-state index contributed by atoms with van der Waals surface area (Å²) in [7, 11) is -3.70. The molecule has 0 heterocycles. The molecule has 0 aliphatic rings. The van der Waals surface area contributed by atoms with E-state index in [1.807, 2.05) is 37.3 Å². The van der Waals surface area contributed by atoms with Crippen LogP contribution < -0.4 is 10.5 Å². The summed E-state index contributed by atoms with van der Waals surface area (Å²) < 4.78 is 22.4. The van der Waals surface area contributed by atoms with Crippen LogP contribution in [0.15, 0.2) is 64.4 Å². The highest BCUT2D eigenvalue weighted by Crippen LogP contribution is 2.18. The van der Waals surface area contributed by atoms with Crippen molar-refractivity contribution in [1.29, 1.82) is 0 Å². The van der Waals surface area contributed by atoms with Gasteiger partial charge in [-0.3, -0.25) is 4.79 Å². The van der Waals surface area contributed by atoms with E-state index in [0.29, 0.717) is 5.75 Å². The van der Waals surface area contributed by atoms with Gasteiger partial charge in [-0.05, 0) is 36.8 Å². The van der Waals surface area contributed by atoms with Gasteiger partial charge in [0.2, 0.25) is 15.9 Å². The average Bonchev–Trinajstić information content (AvgIpc) is 2.53. The minimum absolute atomic E-state index is 0.0550. The molecule has 1 atom stereocenters. The highest BCUT2D eigenvalue weighted by atomic mass is 32.2. The minimum atomic E-state index is -3.70. The van der Waals surface area contributed by atoms with Crippen molar-refractivity contribution in [3.63, 3.8) is 0 Å². The number of carbonyl (C=O) groups excluding carboxylic acids is 1. The smallest absolute Gasteiger partial charge is 0.238 e. The molecule has 122 valence electrons. The molecule has 1 amide bonds. The third-order valence-electron chi connectivity index (χ3n) is 3.20. The summed E-state index contributed by atoms with van der Waals surface area (Å²) in [5, 5.41) is 7.94. The van der Waals surface area contributed by atoms with Gasteiger partial charge in [-0.15, -0.1) is 11.8 Å². The number of carbonyl (C=O) groups is 1. The van der Waals surface area contributed by atoms with Crippen LogP contribution in [-0.2, 0) is 14.8 Å². The molecule has 2 aromatic carbocycles. The molecule has 0 aromatic heterocycles. The van der Waals surface area contributed by atoms with Crippen molar-refractivity contribution in [3.8, 4) is 0 Å². The largest absolute Gasteiger partial charge is 0.349 e. The first-order chi connectivity index (χ1) is 10.9. The number of hydrogen-bond acceptors (Lipinski definition) is 4. The molecule has 7 heteroatoms. The molecule has 0 saturated carbocycles. The van der Waals surface area contributed by atoms with Crippen molar-refractivity contribution in [2.24, 2.45) is 5.14 Å².